The number of Topliss-reactive ketones (excluding diaryl/α,β-unsaturated/α-hetero) is 1. The number of benzene rings is 1. The molecule has 2 rings (SSSR count). The van der Waals surface area contributed by atoms with Gasteiger partial charge in [-0.25, -0.2) is 0 Å². The Balaban J connectivity index is 2.27. The first-order chi connectivity index (χ1) is 6.92. The monoisotopic (exact) mass is 268 g/mol. The molecule has 80 valence electrons. The van der Waals surface area contributed by atoms with Gasteiger partial charge in [-0.3, -0.25) is 4.79 Å². The van der Waals surface area contributed by atoms with Crippen molar-refractivity contribution in [1.29, 1.82) is 0 Å². The van der Waals surface area contributed by atoms with Gasteiger partial charge < -0.3 is 4.74 Å². The number of rotatable bonds is 2. The van der Waals surface area contributed by atoms with Gasteiger partial charge in [-0.15, -0.1) is 0 Å². The van der Waals surface area contributed by atoms with Crippen molar-refractivity contribution in [3.8, 4) is 0 Å². The summed E-state index contributed by atoms with van der Waals surface area (Å²) in [5.41, 5.74) is 1.46. The summed E-state index contributed by atoms with van der Waals surface area (Å²) in [5, 5.41) is 0. The van der Waals surface area contributed by atoms with Crippen molar-refractivity contribution in [1.82, 2.24) is 0 Å². The van der Waals surface area contributed by atoms with Gasteiger partial charge in [0.05, 0.1) is 5.60 Å². The van der Waals surface area contributed by atoms with Crippen LogP contribution in [0.5, 0.6) is 0 Å². The maximum absolute atomic E-state index is 12.0. The van der Waals surface area contributed by atoms with Crippen LogP contribution >= 0.6 is 15.9 Å². The molecule has 1 atom stereocenters. The van der Waals surface area contributed by atoms with Gasteiger partial charge in [-0.05, 0) is 44.5 Å². The van der Waals surface area contributed by atoms with Crippen LogP contribution in [0.2, 0.25) is 0 Å². The summed E-state index contributed by atoms with van der Waals surface area (Å²) >= 11 is 3.38. The van der Waals surface area contributed by atoms with Gasteiger partial charge in [-0.1, -0.05) is 15.9 Å². The lowest BCUT2D eigenvalue weighted by atomic mass is 9.98. The summed E-state index contributed by atoms with van der Waals surface area (Å²) in [4.78, 5) is 12.0. The fraction of sp³-hybridized carbons (Fsp3) is 0.417. The van der Waals surface area contributed by atoms with E-state index in [1.807, 2.05) is 39.0 Å². The topological polar surface area (TPSA) is 29.6 Å². The summed E-state index contributed by atoms with van der Waals surface area (Å²) in [6, 6.07) is 5.68. The molecule has 0 bridgehead atoms. The Kier molecular flexibility index (Phi) is 2.47. The van der Waals surface area contributed by atoms with Gasteiger partial charge in [-0.2, -0.15) is 0 Å². The maximum atomic E-state index is 12.0. The van der Waals surface area contributed by atoms with E-state index in [-0.39, 0.29) is 17.5 Å². The zero-order valence-corrected chi connectivity index (χ0v) is 10.6. The molecule has 1 saturated heterocycles. The van der Waals surface area contributed by atoms with Crippen molar-refractivity contribution in [3.63, 3.8) is 0 Å². The predicted molar refractivity (Wildman–Crippen MR) is 62.2 cm³/mol. The van der Waals surface area contributed by atoms with Crippen molar-refractivity contribution in [2.45, 2.75) is 32.5 Å². The van der Waals surface area contributed by atoms with Crippen LogP contribution in [0.4, 0.5) is 0 Å². The standard InChI is InChI=1S/C12H13BrO2/c1-7-6-8(13)4-5-9(7)10(14)11-12(2,3)15-11/h4-6,11H,1-3H3. The smallest absolute Gasteiger partial charge is 0.194 e. The lowest BCUT2D eigenvalue weighted by Gasteiger charge is -2.03. The largest absolute Gasteiger partial charge is 0.358 e. The molecule has 1 aliphatic rings. The fourth-order valence-electron chi connectivity index (χ4n) is 1.68. The average molecular weight is 269 g/mol. The number of halogens is 1. The molecule has 3 heteroatoms. The number of hydrogen-bond acceptors (Lipinski definition) is 2. The third-order valence-electron chi connectivity index (χ3n) is 2.69. The molecule has 0 amide bonds. The molecular weight excluding hydrogens is 256 g/mol. The highest BCUT2D eigenvalue weighted by molar-refractivity contribution is 9.10. The van der Waals surface area contributed by atoms with E-state index in [9.17, 15) is 4.79 Å². The second kappa shape index (κ2) is 3.42. The normalized spacial score (nSPS) is 22.5. The summed E-state index contributed by atoms with van der Waals surface area (Å²) in [5.74, 6) is 0.0880. The lowest BCUT2D eigenvalue weighted by Crippen LogP contribution is -2.15. The minimum atomic E-state index is -0.281. The quantitative estimate of drug-likeness (QED) is 0.609. The minimum absolute atomic E-state index is 0.0880. The first-order valence-electron chi connectivity index (χ1n) is 4.90. The molecular formula is C12H13BrO2. The Morgan fingerprint density at radius 3 is 2.53 bits per heavy atom. The van der Waals surface area contributed by atoms with E-state index in [0.29, 0.717) is 0 Å². The van der Waals surface area contributed by atoms with E-state index in [2.05, 4.69) is 15.9 Å². The van der Waals surface area contributed by atoms with Gasteiger partial charge in [0, 0.05) is 10.0 Å². The molecule has 0 aliphatic carbocycles. The van der Waals surface area contributed by atoms with Gasteiger partial charge >= 0.3 is 0 Å². The number of aryl methyl sites for hydroxylation is 1. The van der Waals surface area contributed by atoms with Crippen LogP contribution in [0.3, 0.4) is 0 Å². The Morgan fingerprint density at radius 1 is 1.47 bits per heavy atom. The molecule has 1 aliphatic heterocycles. The van der Waals surface area contributed by atoms with E-state index >= 15 is 0 Å². The van der Waals surface area contributed by atoms with Crippen LogP contribution in [0.25, 0.3) is 0 Å². The summed E-state index contributed by atoms with van der Waals surface area (Å²) in [6.07, 6.45) is -0.266. The van der Waals surface area contributed by atoms with Crippen LogP contribution in [0.15, 0.2) is 22.7 Å². The van der Waals surface area contributed by atoms with Gasteiger partial charge in [0.1, 0.15) is 6.10 Å². The Labute approximate surface area is 97.8 Å². The molecule has 15 heavy (non-hydrogen) atoms. The summed E-state index contributed by atoms with van der Waals surface area (Å²) < 4.78 is 6.34. The van der Waals surface area contributed by atoms with Gasteiger partial charge in [0.2, 0.25) is 0 Å². The predicted octanol–water partition coefficient (Wildman–Crippen LogP) is 3.12. The van der Waals surface area contributed by atoms with Crippen LogP contribution in [-0.2, 0) is 4.74 Å². The highest BCUT2D eigenvalue weighted by Gasteiger charge is 2.53. The highest BCUT2D eigenvalue weighted by atomic mass is 79.9. The first-order valence-corrected chi connectivity index (χ1v) is 5.69. The van der Waals surface area contributed by atoms with E-state index in [0.717, 1.165) is 15.6 Å². The molecule has 1 fully saturated rings. The van der Waals surface area contributed by atoms with Crippen LogP contribution in [0.1, 0.15) is 29.8 Å². The Morgan fingerprint density at radius 2 is 2.07 bits per heavy atom. The average Bonchev–Trinajstić information content (AvgIpc) is 2.74. The van der Waals surface area contributed by atoms with Crippen LogP contribution in [-0.4, -0.2) is 17.5 Å². The number of ether oxygens (including phenoxy) is 1. The second-order valence-electron chi connectivity index (χ2n) is 4.42. The van der Waals surface area contributed by atoms with Crippen molar-refractivity contribution in [3.05, 3.63) is 33.8 Å². The van der Waals surface area contributed by atoms with E-state index in [4.69, 9.17) is 4.74 Å². The minimum Gasteiger partial charge on any atom is -0.358 e. The first kappa shape index (κ1) is 10.8. The number of hydrogen-bond donors (Lipinski definition) is 0. The molecule has 1 heterocycles. The molecule has 0 aromatic heterocycles. The van der Waals surface area contributed by atoms with E-state index in [1.54, 1.807) is 0 Å². The van der Waals surface area contributed by atoms with Gasteiger partial charge in [0.25, 0.3) is 0 Å². The van der Waals surface area contributed by atoms with E-state index in [1.165, 1.54) is 0 Å². The number of carbonyl (C=O) groups excluding carboxylic acids is 1. The molecule has 2 nitrogen and oxygen atoms in total. The summed E-state index contributed by atoms with van der Waals surface area (Å²) in [7, 11) is 0. The Hall–Kier alpha value is -0.670. The molecule has 0 radical (unpaired) electrons. The molecule has 0 N–H and O–H groups in total. The van der Waals surface area contributed by atoms with Gasteiger partial charge in [0.15, 0.2) is 5.78 Å². The lowest BCUT2D eigenvalue weighted by molar-refractivity contribution is 0.0953. The molecule has 1 aromatic rings. The molecule has 0 saturated carbocycles. The third kappa shape index (κ3) is 1.99. The SMILES string of the molecule is Cc1cc(Br)ccc1C(=O)C1OC1(C)C. The third-order valence-corrected chi connectivity index (χ3v) is 3.18. The number of carbonyl (C=O) groups is 1. The highest BCUT2D eigenvalue weighted by Crippen LogP contribution is 2.38. The van der Waals surface area contributed by atoms with Crippen LogP contribution < -0.4 is 0 Å². The molecule has 1 unspecified atom stereocenters. The Bertz CT molecular complexity index is 424. The van der Waals surface area contributed by atoms with Crippen molar-refractivity contribution < 1.29 is 9.53 Å². The van der Waals surface area contributed by atoms with E-state index < -0.39 is 0 Å². The van der Waals surface area contributed by atoms with Crippen molar-refractivity contribution >= 4 is 21.7 Å². The summed E-state index contributed by atoms with van der Waals surface area (Å²) in [6.45, 7) is 5.81. The fourth-order valence-corrected chi connectivity index (χ4v) is 2.16. The van der Waals surface area contributed by atoms with Crippen LogP contribution in [0, 0.1) is 6.92 Å². The maximum Gasteiger partial charge on any atom is 0.194 e. The van der Waals surface area contributed by atoms with Crippen molar-refractivity contribution in [2.24, 2.45) is 0 Å². The molecule has 1 aromatic carbocycles. The molecule has 0 spiro atoms. The number of ketones is 1. The second-order valence-corrected chi connectivity index (χ2v) is 5.34. The zero-order chi connectivity index (χ0) is 11.2. The van der Waals surface area contributed by atoms with Crippen molar-refractivity contribution in [2.75, 3.05) is 0 Å². The zero-order valence-electron chi connectivity index (χ0n) is 9.00. The number of epoxide rings is 1.